The first-order valence-electron chi connectivity index (χ1n) is 17.3. The molecule has 1 atom stereocenters. The van der Waals surface area contributed by atoms with E-state index in [9.17, 15) is 0 Å². The van der Waals surface area contributed by atoms with Crippen LogP contribution < -0.4 is 5.73 Å². The average molecular weight is 643 g/mol. The molecule has 244 valence electrons. The van der Waals surface area contributed by atoms with Crippen molar-refractivity contribution in [2.75, 3.05) is 5.73 Å². The maximum atomic E-state index is 6.87. The van der Waals surface area contributed by atoms with Gasteiger partial charge in [0.2, 0.25) is 5.95 Å². The van der Waals surface area contributed by atoms with Gasteiger partial charge in [-0.15, -0.1) is 0 Å². The van der Waals surface area contributed by atoms with E-state index in [0.29, 0.717) is 5.95 Å². The van der Waals surface area contributed by atoms with Gasteiger partial charge in [0.15, 0.2) is 8.32 Å². The third kappa shape index (κ3) is 6.21. The highest BCUT2D eigenvalue weighted by Crippen LogP contribution is 2.46. The Kier molecular flexibility index (Phi) is 9.28. The zero-order valence-electron chi connectivity index (χ0n) is 29.0. The summed E-state index contributed by atoms with van der Waals surface area (Å²) >= 11 is 0. The lowest BCUT2D eigenvalue weighted by atomic mass is 9.76. The van der Waals surface area contributed by atoms with Crippen LogP contribution in [0.4, 0.5) is 5.95 Å². The number of aryl methyl sites for hydroxylation is 1. The minimum absolute atomic E-state index is 0.184. The molecule has 0 saturated heterocycles. The number of nitrogens with two attached hydrogens (primary N) is 1. The van der Waals surface area contributed by atoms with Gasteiger partial charge in [-0.25, -0.2) is 9.97 Å². The zero-order valence-corrected chi connectivity index (χ0v) is 30.0. The summed E-state index contributed by atoms with van der Waals surface area (Å²) in [5, 5.41) is 0.184. The Morgan fingerprint density at radius 2 is 1.40 bits per heavy atom. The maximum Gasteiger partial charge on any atom is 0.220 e. The van der Waals surface area contributed by atoms with E-state index in [1.807, 2.05) is 0 Å². The molecule has 5 aromatic rings. The summed E-state index contributed by atoms with van der Waals surface area (Å²) in [7, 11) is -1.87. The fraction of sp³-hybridized carbons (Fsp3) is 0.366. The average Bonchev–Trinajstić information content (AvgIpc) is 3.44. The van der Waals surface area contributed by atoms with Crippen LogP contribution >= 0.6 is 0 Å². The molecular weight excluding hydrogens is 593 g/mol. The molecule has 0 spiro atoms. The van der Waals surface area contributed by atoms with Crippen molar-refractivity contribution in [2.24, 2.45) is 0 Å². The molecule has 2 aromatic heterocycles. The molecule has 0 radical (unpaired) electrons. The van der Waals surface area contributed by atoms with Gasteiger partial charge in [-0.05, 0) is 72.5 Å². The topological polar surface area (TPSA) is 66.0 Å². The molecule has 0 bridgehead atoms. The van der Waals surface area contributed by atoms with Gasteiger partial charge in [-0.2, -0.15) is 0 Å². The summed E-state index contributed by atoms with van der Waals surface area (Å²) in [5.74, 6) is 0.336. The summed E-state index contributed by atoms with van der Waals surface area (Å²) in [6.45, 7) is 13.9. The van der Waals surface area contributed by atoms with Crippen molar-refractivity contribution in [1.82, 2.24) is 14.5 Å². The van der Waals surface area contributed by atoms with Crippen molar-refractivity contribution >= 4 is 30.9 Å². The summed E-state index contributed by atoms with van der Waals surface area (Å²) in [4.78, 5) is 9.96. The van der Waals surface area contributed by atoms with Crippen LogP contribution in [-0.4, -0.2) is 29.0 Å². The minimum Gasteiger partial charge on any atom is -0.414 e. The van der Waals surface area contributed by atoms with Gasteiger partial charge in [0.05, 0.1) is 11.2 Å². The second-order valence-electron chi connectivity index (χ2n) is 14.6. The number of aromatic nitrogens is 3. The normalized spacial score (nSPS) is 16.0. The van der Waals surface area contributed by atoms with Gasteiger partial charge in [-0.3, -0.25) is 0 Å². The molecule has 0 fully saturated rings. The second kappa shape index (κ2) is 13.2. The first-order chi connectivity index (χ1) is 22.6. The second-order valence-corrected chi connectivity index (χ2v) is 19.3. The number of hydrogen-bond acceptors (Lipinski definition) is 4. The third-order valence-electron chi connectivity index (χ3n) is 10.4. The summed E-state index contributed by atoms with van der Waals surface area (Å²) < 4.78 is 9.35. The number of nitrogens with zero attached hydrogens (tertiary/aromatic N) is 3. The Morgan fingerprint density at radius 1 is 0.851 bits per heavy atom. The first kappa shape index (κ1) is 32.9. The smallest absolute Gasteiger partial charge is 0.220 e. The monoisotopic (exact) mass is 642 g/mol. The number of nitrogen functional groups attached to an aromatic ring is 1. The molecule has 2 N–H and O–H groups in total. The predicted molar refractivity (Wildman–Crippen MR) is 199 cm³/mol. The molecule has 1 aliphatic carbocycles. The fourth-order valence-corrected chi connectivity index (χ4v) is 8.35. The standard InChI is InChI=1S/C41H50N4OSi/c1-7-8-24-36-38-37(44-39(42)43-36)35(30-25-27-34(28-26-30)46-47(5,6)40(2,3)4)29-45(38)41(31-18-12-9-13-19-31,32-20-14-10-15-21-32)33-22-16-11-17-23-33/h9-23,25,29,34H,7-8,24,26-28H2,1-6H3,(H2,42,43,44). The predicted octanol–water partition coefficient (Wildman–Crippen LogP) is 10.2. The van der Waals surface area contributed by atoms with Crippen LogP contribution in [0.1, 0.15) is 87.7 Å². The van der Waals surface area contributed by atoms with Crippen LogP contribution in [0, 0.1) is 0 Å². The van der Waals surface area contributed by atoms with Crippen molar-refractivity contribution in [3.05, 3.63) is 131 Å². The number of fused-ring (bicyclic) bond motifs is 1. The van der Waals surface area contributed by atoms with Gasteiger partial charge < -0.3 is 14.7 Å². The van der Waals surface area contributed by atoms with Crippen LogP contribution in [0.2, 0.25) is 18.1 Å². The van der Waals surface area contributed by atoms with E-state index in [0.717, 1.165) is 60.8 Å². The number of unbranched alkanes of at least 4 members (excludes halogenated alkanes) is 1. The lowest BCUT2D eigenvalue weighted by molar-refractivity contribution is 0.172. The highest BCUT2D eigenvalue weighted by Gasteiger charge is 2.42. The number of hydrogen-bond donors (Lipinski definition) is 1. The van der Waals surface area contributed by atoms with Crippen molar-refractivity contribution in [1.29, 1.82) is 0 Å². The largest absolute Gasteiger partial charge is 0.414 e. The summed E-state index contributed by atoms with van der Waals surface area (Å²) in [6.07, 6.45) is 10.7. The lowest BCUT2D eigenvalue weighted by Gasteiger charge is -2.40. The molecule has 2 heterocycles. The quantitative estimate of drug-likeness (QED) is 0.122. The van der Waals surface area contributed by atoms with E-state index in [2.05, 4.69) is 149 Å². The summed E-state index contributed by atoms with van der Waals surface area (Å²) in [5.41, 5.74) is 14.8. The molecule has 5 nitrogen and oxygen atoms in total. The molecule has 1 unspecified atom stereocenters. The van der Waals surface area contributed by atoms with Crippen molar-refractivity contribution < 1.29 is 4.43 Å². The van der Waals surface area contributed by atoms with Crippen LogP contribution in [0.5, 0.6) is 0 Å². The van der Waals surface area contributed by atoms with Gasteiger partial charge >= 0.3 is 0 Å². The van der Waals surface area contributed by atoms with Crippen LogP contribution in [0.25, 0.3) is 16.6 Å². The van der Waals surface area contributed by atoms with Gasteiger partial charge in [0, 0.05) is 17.9 Å². The van der Waals surface area contributed by atoms with Crippen molar-refractivity contribution in [3.63, 3.8) is 0 Å². The van der Waals surface area contributed by atoms with Crippen LogP contribution in [0.15, 0.2) is 103 Å². The Hall–Kier alpha value is -4.00. The molecule has 6 heteroatoms. The highest BCUT2D eigenvalue weighted by atomic mass is 28.4. The van der Waals surface area contributed by atoms with E-state index in [-0.39, 0.29) is 11.1 Å². The minimum atomic E-state index is -1.87. The van der Waals surface area contributed by atoms with E-state index < -0.39 is 13.9 Å². The van der Waals surface area contributed by atoms with E-state index in [1.54, 1.807) is 0 Å². The lowest BCUT2D eigenvalue weighted by Crippen LogP contribution is -2.44. The Bertz CT molecular complexity index is 1740. The number of anilines is 1. The Labute approximate surface area is 282 Å². The first-order valence-corrected chi connectivity index (χ1v) is 20.2. The summed E-state index contributed by atoms with van der Waals surface area (Å²) in [6, 6.07) is 32.6. The van der Waals surface area contributed by atoms with Gasteiger partial charge in [0.1, 0.15) is 11.1 Å². The van der Waals surface area contributed by atoms with Crippen molar-refractivity contribution in [3.8, 4) is 0 Å². The Balaban J connectivity index is 1.62. The SMILES string of the molecule is CCCCc1nc(N)nc2c(C3=CCC(O[Si](C)(C)C(C)(C)C)CC3)cn(C(c3ccccc3)(c3ccccc3)c3ccccc3)c12. The molecule has 0 saturated carbocycles. The Morgan fingerprint density at radius 3 is 1.87 bits per heavy atom. The molecule has 47 heavy (non-hydrogen) atoms. The van der Waals surface area contributed by atoms with E-state index in [1.165, 1.54) is 22.3 Å². The molecular formula is C41H50N4OSi. The molecule has 3 aromatic carbocycles. The number of benzene rings is 3. The molecule has 0 aliphatic heterocycles. The van der Waals surface area contributed by atoms with E-state index in [4.69, 9.17) is 20.1 Å². The maximum absolute atomic E-state index is 6.87. The fourth-order valence-electron chi connectivity index (χ4n) is 6.94. The van der Waals surface area contributed by atoms with E-state index >= 15 is 0 Å². The third-order valence-corrected chi connectivity index (χ3v) is 14.9. The van der Waals surface area contributed by atoms with Gasteiger partial charge in [0.25, 0.3) is 0 Å². The molecule has 1 aliphatic rings. The highest BCUT2D eigenvalue weighted by molar-refractivity contribution is 6.74. The number of rotatable bonds is 10. The van der Waals surface area contributed by atoms with Crippen molar-refractivity contribution in [2.45, 2.75) is 96.0 Å². The van der Waals surface area contributed by atoms with Gasteiger partial charge in [-0.1, -0.05) is 131 Å². The van der Waals surface area contributed by atoms with Crippen LogP contribution in [-0.2, 0) is 16.4 Å². The molecule has 6 rings (SSSR count). The van der Waals surface area contributed by atoms with Crippen LogP contribution in [0.3, 0.4) is 0 Å². The molecule has 0 amide bonds. The zero-order chi connectivity index (χ0) is 33.2. The number of allylic oxidation sites excluding steroid dienone is 1.